The summed E-state index contributed by atoms with van der Waals surface area (Å²) in [5.41, 5.74) is 0.873. The lowest BCUT2D eigenvalue weighted by Crippen LogP contribution is -2.44. The smallest absolute Gasteiger partial charge is 0.0652 e. The molecular formula is C13H19NOS. The zero-order chi connectivity index (χ0) is 11.6. The van der Waals surface area contributed by atoms with E-state index in [1.165, 1.54) is 23.3 Å². The molecule has 0 heterocycles. The first kappa shape index (κ1) is 12.0. The Balaban J connectivity index is 2.17. The van der Waals surface area contributed by atoms with Crippen LogP contribution in [-0.2, 0) is 5.54 Å². The third-order valence-electron chi connectivity index (χ3n) is 3.14. The molecule has 0 saturated heterocycles. The summed E-state index contributed by atoms with van der Waals surface area (Å²) in [7, 11) is 0. The average Bonchev–Trinajstić information content (AvgIpc) is 3.13. The molecule has 3 heteroatoms. The van der Waals surface area contributed by atoms with Gasteiger partial charge >= 0.3 is 0 Å². The van der Waals surface area contributed by atoms with E-state index in [4.69, 9.17) is 0 Å². The van der Waals surface area contributed by atoms with Crippen LogP contribution in [0, 0.1) is 0 Å². The Kier molecular flexibility index (Phi) is 3.57. The molecule has 0 bridgehead atoms. The zero-order valence-corrected chi connectivity index (χ0v) is 10.7. The second-order valence-corrected chi connectivity index (χ2v) is 5.52. The van der Waals surface area contributed by atoms with E-state index < -0.39 is 0 Å². The highest BCUT2D eigenvalue weighted by atomic mass is 32.2. The Hall–Kier alpha value is -0.510. The largest absolute Gasteiger partial charge is 0.394 e. The van der Waals surface area contributed by atoms with E-state index in [0.29, 0.717) is 6.04 Å². The first-order chi connectivity index (χ1) is 7.68. The van der Waals surface area contributed by atoms with Gasteiger partial charge in [-0.3, -0.25) is 0 Å². The van der Waals surface area contributed by atoms with Crippen molar-refractivity contribution < 1.29 is 5.11 Å². The van der Waals surface area contributed by atoms with Gasteiger partial charge in [-0.1, -0.05) is 12.1 Å². The minimum Gasteiger partial charge on any atom is -0.394 e. The Morgan fingerprint density at radius 3 is 2.44 bits per heavy atom. The Morgan fingerprint density at radius 1 is 1.38 bits per heavy atom. The first-order valence-electron chi connectivity index (χ1n) is 5.71. The number of hydrogen-bond donors (Lipinski definition) is 2. The van der Waals surface area contributed by atoms with Crippen molar-refractivity contribution in [1.82, 2.24) is 5.32 Å². The SMILES string of the molecule is CSc1ccc(C(C)(CO)NC2CC2)cc1. The van der Waals surface area contributed by atoms with Crippen molar-refractivity contribution in [1.29, 1.82) is 0 Å². The standard InChI is InChI=1S/C13H19NOS/c1-13(9-15,14-11-5-6-11)10-3-7-12(16-2)8-4-10/h3-4,7-8,11,14-15H,5-6,9H2,1-2H3. The van der Waals surface area contributed by atoms with E-state index in [2.05, 4.69) is 42.8 Å². The molecule has 2 rings (SSSR count). The fraction of sp³-hybridized carbons (Fsp3) is 0.538. The molecule has 1 unspecified atom stereocenters. The lowest BCUT2D eigenvalue weighted by Gasteiger charge is -2.29. The van der Waals surface area contributed by atoms with Gasteiger partial charge in [0.1, 0.15) is 0 Å². The third-order valence-corrected chi connectivity index (χ3v) is 3.89. The summed E-state index contributed by atoms with van der Waals surface area (Å²) in [6.07, 6.45) is 4.54. The molecule has 0 radical (unpaired) electrons. The highest BCUT2D eigenvalue weighted by molar-refractivity contribution is 7.98. The maximum atomic E-state index is 9.57. The van der Waals surface area contributed by atoms with Gasteiger partial charge in [0.05, 0.1) is 12.1 Å². The molecule has 0 aliphatic heterocycles. The average molecular weight is 237 g/mol. The van der Waals surface area contributed by atoms with Crippen LogP contribution in [0.15, 0.2) is 29.2 Å². The highest BCUT2D eigenvalue weighted by Crippen LogP contribution is 2.29. The fourth-order valence-corrected chi connectivity index (χ4v) is 2.27. The summed E-state index contributed by atoms with van der Waals surface area (Å²) < 4.78 is 0. The number of nitrogens with one attached hydrogen (secondary N) is 1. The maximum Gasteiger partial charge on any atom is 0.0652 e. The molecule has 1 saturated carbocycles. The van der Waals surface area contributed by atoms with E-state index in [9.17, 15) is 5.11 Å². The maximum absolute atomic E-state index is 9.57. The van der Waals surface area contributed by atoms with Crippen molar-refractivity contribution in [2.45, 2.75) is 36.2 Å². The van der Waals surface area contributed by atoms with Crippen molar-refractivity contribution in [2.24, 2.45) is 0 Å². The summed E-state index contributed by atoms with van der Waals surface area (Å²) in [5.74, 6) is 0. The van der Waals surface area contributed by atoms with Gasteiger partial charge in [-0.05, 0) is 43.7 Å². The topological polar surface area (TPSA) is 32.3 Å². The normalized spacial score (nSPS) is 19.4. The number of benzene rings is 1. The van der Waals surface area contributed by atoms with Gasteiger partial charge in [0.25, 0.3) is 0 Å². The van der Waals surface area contributed by atoms with Crippen LogP contribution in [-0.4, -0.2) is 24.0 Å². The van der Waals surface area contributed by atoms with Crippen molar-refractivity contribution in [3.8, 4) is 0 Å². The molecule has 2 nitrogen and oxygen atoms in total. The predicted molar refractivity (Wildman–Crippen MR) is 68.8 cm³/mol. The second kappa shape index (κ2) is 4.78. The van der Waals surface area contributed by atoms with Crippen LogP contribution in [0.1, 0.15) is 25.3 Å². The third kappa shape index (κ3) is 2.59. The van der Waals surface area contributed by atoms with Crippen LogP contribution in [0.4, 0.5) is 0 Å². The Morgan fingerprint density at radius 2 is 2.00 bits per heavy atom. The monoisotopic (exact) mass is 237 g/mol. The van der Waals surface area contributed by atoms with Gasteiger partial charge in [0, 0.05) is 10.9 Å². The minimum absolute atomic E-state index is 0.141. The van der Waals surface area contributed by atoms with Crippen LogP contribution in [0.3, 0.4) is 0 Å². The van der Waals surface area contributed by atoms with Crippen molar-refractivity contribution in [3.05, 3.63) is 29.8 Å². The molecule has 1 atom stereocenters. The minimum atomic E-state index is -0.294. The molecular weight excluding hydrogens is 218 g/mol. The van der Waals surface area contributed by atoms with E-state index in [1.54, 1.807) is 11.8 Å². The molecule has 88 valence electrons. The van der Waals surface area contributed by atoms with E-state index in [-0.39, 0.29) is 12.1 Å². The lowest BCUT2D eigenvalue weighted by molar-refractivity contribution is 0.173. The van der Waals surface area contributed by atoms with E-state index in [1.807, 2.05) is 0 Å². The molecule has 16 heavy (non-hydrogen) atoms. The molecule has 0 spiro atoms. The summed E-state index contributed by atoms with van der Waals surface area (Å²) in [5, 5.41) is 13.1. The number of aliphatic hydroxyl groups is 1. The summed E-state index contributed by atoms with van der Waals surface area (Å²) >= 11 is 1.74. The van der Waals surface area contributed by atoms with E-state index in [0.717, 1.165) is 0 Å². The molecule has 0 amide bonds. The van der Waals surface area contributed by atoms with Crippen LogP contribution < -0.4 is 5.32 Å². The van der Waals surface area contributed by atoms with Crippen LogP contribution >= 0.6 is 11.8 Å². The second-order valence-electron chi connectivity index (χ2n) is 4.64. The van der Waals surface area contributed by atoms with E-state index >= 15 is 0 Å². The number of hydrogen-bond acceptors (Lipinski definition) is 3. The summed E-state index contributed by atoms with van der Waals surface area (Å²) in [4.78, 5) is 1.26. The molecule has 1 aromatic rings. The molecule has 1 aliphatic carbocycles. The van der Waals surface area contributed by atoms with Gasteiger partial charge in [0.15, 0.2) is 0 Å². The van der Waals surface area contributed by atoms with Crippen LogP contribution in [0.2, 0.25) is 0 Å². The number of aliphatic hydroxyl groups excluding tert-OH is 1. The van der Waals surface area contributed by atoms with Gasteiger partial charge in [-0.25, -0.2) is 0 Å². The molecule has 2 N–H and O–H groups in total. The zero-order valence-electron chi connectivity index (χ0n) is 9.86. The van der Waals surface area contributed by atoms with Crippen molar-refractivity contribution in [3.63, 3.8) is 0 Å². The summed E-state index contributed by atoms with van der Waals surface area (Å²) in [6, 6.07) is 9.04. The van der Waals surface area contributed by atoms with Gasteiger partial charge in [-0.2, -0.15) is 0 Å². The van der Waals surface area contributed by atoms with Crippen molar-refractivity contribution >= 4 is 11.8 Å². The lowest BCUT2D eigenvalue weighted by atomic mass is 9.93. The van der Waals surface area contributed by atoms with Gasteiger partial charge < -0.3 is 10.4 Å². The first-order valence-corrected chi connectivity index (χ1v) is 6.93. The summed E-state index contributed by atoms with van der Waals surface area (Å²) in [6.45, 7) is 2.21. The quantitative estimate of drug-likeness (QED) is 0.771. The Bertz CT molecular complexity index is 347. The number of rotatable bonds is 5. The Labute approximate surface area is 101 Å². The van der Waals surface area contributed by atoms with Crippen LogP contribution in [0.5, 0.6) is 0 Å². The van der Waals surface area contributed by atoms with Gasteiger partial charge in [0.2, 0.25) is 0 Å². The fourth-order valence-electron chi connectivity index (χ4n) is 1.86. The molecule has 1 aliphatic rings. The molecule has 1 fully saturated rings. The van der Waals surface area contributed by atoms with Crippen molar-refractivity contribution in [2.75, 3.05) is 12.9 Å². The highest BCUT2D eigenvalue weighted by Gasteiger charge is 2.33. The predicted octanol–water partition coefficient (Wildman–Crippen LogP) is 2.37. The molecule has 0 aromatic heterocycles. The van der Waals surface area contributed by atoms with Crippen LogP contribution in [0.25, 0.3) is 0 Å². The molecule has 1 aromatic carbocycles. The number of thioether (sulfide) groups is 1. The van der Waals surface area contributed by atoms with Gasteiger partial charge in [-0.15, -0.1) is 11.8 Å².